The van der Waals surface area contributed by atoms with Gasteiger partial charge in [-0.15, -0.1) is 0 Å². The summed E-state index contributed by atoms with van der Waals surface area (Å²) in [5, 5.41) is 3.66. The highest BCUT2D eigenvalue weighted by molar-refractivity contribution is 5.60. The van der Waals surface area contributed by atoms with Gasteiger partial charge in [0.1, 0.15) is 17.3 Å². The number of anilines is 2. The van der Waals surface area contributed by atoms with Crippen molar-refractivity contribution in [1.82, 2.24) is 15.0 Å². The molecule has 4 rings (SSSR count). The molecule has 1 atom stereocenters. The van der Waals surface area contributed by atoms with Crippen LogP contribution < -0.4 is 19.7 Å². The summed E-state index contributed by atoms with van der Waals surface area (Å²) >= 11 is 0. The number of piperidine rings is 1. The van der Waals surface area contributed by atoms with Crippen molar-refractivity contribution in [2.75, 3.05) is 37.5 Å². The van der Waals surface area contributed by atoms with E-state index in [-0.39, 0.29) is 0 Å². The predicted octanol–water partition coefficient (Wildman–Crippen LogP) is 4.25. The third kappa shape index (κ3) is 4.71. The molecule has 7 heteroatoms. The van der Waals surface area contributed by atoms with Crippen molar-refractivity contribution in [2.24, 2.45) is 0 Å². The molecule has 2 aromatic heterocycles. The van der Waals surface area contributed by atoms with Gasteiger partial charge < -0.3 is 19.7 Å². The summed E-state index contributed by atoms with van der Waals surface area (Å²) in [5.41, 5.74) is 4.05. The first-order chi connectivity index (χ1) is 15.1. The molecule has 1 aromatic carbocycles. The molecule has 3 heterocycles. The van der Waals surface area contributed by atoms with Crippen LogP contribution in [0.5, 0.6) is 11.5 Å². The number of aromatic nitrogens is 3. The van der Waals surface area contributed by atoms with Crippen molar-refractivity contribution in [3.63, 3.8) is 0 Å². The first kappa shape index (κ1) is 20.9. The highest BCUT2D eigenvalue weighted by Crippen LogP contribution is 2.30. The number of ether oxygens (including phenoxy) is 2. The Bertz CT molecular complexity index is 1020. The van der Waals surface area contributed by atoms with Gasteiger partial charge in [0, 0.05) is 72.2 Å². The van der Waals surface area contributed by atoms with Gasteiger partial charge in [-0.1, -0.05) is 0 Å². The van der Waals surface area contributed by atoms with Gasteiger partial charge in [0.25, 0.3) is 0 Å². The second kappa shape index (κ2) is 9.20. The van der Waals surface area contributed by atoms with E-state index >= 15 is 0 Å². The number of nitrogens with zero attached hydrogens (tertiary/aromatic N) is 4. The Morgan fingerprint density at radius 3 is 2.52 bits per heavy atom. The Hall–Kier alpha value is -3.35. The van der Waals surface area contributed by atoms with Crippen molar-refractivity contribution in [1.29, 1.82) is 0 Å². The molecule has 0 bridgehead atoms. The molecule has 1 aliphatic heterocycles. The van der Waals surface area contributed by atoms with Crippen molar-refractivity contribution in [3.05, 3.63) is 54.0 Å². The van der Waals surface area contributed by atoms with Gasteiger partial charge in [0.05, 0.1) is 14.2 Å². The Balaban J connectivity index is 1.57. The molecule has 0 spiro atoms. The minimum Gasteiger partial charge on any atom is -0.497 e. The summed E-state index contributed by atoms with van der Waals surface area (Å²) in [5.74, 6) is 3.27. The molecule has 162 valence electrons. The van der Waals surface area contributed by atoms with Crippen LogP contribution in [0.1, 0.15) is 24.1 Å². The van der Waals surface area contributed by atoms with Crippen molar-refractivity contribution >= 4 is 11.5 Å². The summed E-state index contributed by atoms with van der Waals surface area (Å²) in [6, 6.07) is 10.1. The minimum absolute atomic E-state index is 0.294. The lowest BCUT2D eigenvalue weighted by atomic mass is 10.0. The summed E-state index contributed by atoms with van der Waals surface area (Å²) in [6.45, 7) is 5.98. The first-order valence-corrected chi connectivity index (χ1v) is 10.6. The van der Waals surface area contributed by atoms with E-state index in [1.165, 1.54) is 0 Å². The van der Waals surface area contributed by atoms with Crippen LogP contribution in [0.4, 0.5) is 11.5 Å². The third-order valence-electron chi connectivity index (χ3n) is 5.73. The van der Waals surface area contributed by atoms with Crippen LogP contribution in [0.2, 0.25) is 0 Å². The molecule has 1 fully saturated rings. The van der Waals surface area contributed by atoms with Crippen LogP contribution in [0.15, 0.2) is 42.7 Å². The van der Waals surface area contributed by atoms with E-state index in [9.17, 15) is 0 Å². The van der Waals surface area contributed by atoms with E-state index in [0.29, 0.717) is 6.04 Å². The molecular weight excluding hydrogens is 390 g/mol. The van der Waals surface area contributed by atoms with Gasteiger partial charge in [-0.3, -0.25) is 4.98 Å². The summed E-state index contributed by atoms with van der Waals surface area (Å²) in [6.07, 6.45) is 5.75. The fourth-order valence-corrected chi connectivity index (χ4v) is 3.96. The van der Waals surface area contributed by atoms with Crippen LogP contribution in [-0.4, -0.2) is 48.3 Å². The van der Waals surface area contributed by atoms with E-state index < -0.39 is 0 Å². The lowest BCUT2D eigenvalue weighted by molar-refractivity contribution is 0.394. The first-order valence-electron chi connectivity index (χ1n) is 10.6. The second-order valence-corrected chi connectivity index (χ2v) is 7.85. The standard InChI is InChI=1S/C24H29N5O2/c1-16-17(2)26-23(18-7-5-9-25-14-18)28-24(16)29-10-6-8-19(15-29)27-20-11-21(30-3)13-22(12-20)31-4/h5,7,9,11-14,19,27H,6,8,10,15H2,1-4H3. The molecule has 1 aliphatic rings. The topological polar surface area (TPSA) is 72.4 Å². The molecule has 31 heavy (non-hydrogen) atoms. The number of hydrogen-bond donors (Lipinski definition) is 1. The maximum atomic E-state index is 5.41. The smallest absolute Gasteiger partial charge is 0.163 e. The third-order valence-corrected chi connectivity index (χ3v) is 5.73. The summed E-state index contributed by atoms with van der Waals surface area (Å²) in [4.78, 5) is 16.2. The van der Waals surface area contributed by atoms with Crippen LogP contribution >= 0.6 is 0 Å². The van der Waals surface area contributed by atoms with Crippen LogP contribution in [0.3, 0.4) is 0 Å². The molecule has 3 aromatic rings. The number of hydrogen-bond acceptors (Lipinski definition) is 7. The normalized spacial score (nSPS) is 16.1. The predicted molar refractivity (Wildman–Crippen MR) is 123 cm³/mol. The molecular formula is C24H29N5O2. The SMILES string of the molecule is COc1cc(NC2CCCN(c3nc(-c4cccnc4)nc(C)c3C)C2)cc(OC)c1. The van der Waals surface area contributed by atoms with Gasteiger partial charge in [-0.2, -0.15) is 0 Å². The average molecular weight is 420 g/mol. The van der Waals surface area contributed by atoms with Crippen molar-refractivity contribution < 1.29 is 9.47 Å². The van der Waals surface area contributed by atoms with Gasteiger partial charge in [-0.05, 0) is 38.8 Å². The summed E-state index contributed by atoms with van der Waals surface area (Å²) < 4.78 is 10.8. The number of aryl methyl sites for hydroxylation is 1. The zero-order valence-corrected chi connectivity index (χ0v) is 18.6. The molecule has 7 nitrogen and oxygen atoms in total. The molecule has 0 amide bonds. The molecule has 1 unspecified atom stereocenters. The zero-order valence-electron chi connectivity index (χ0n) is 18.6. The Morgan fingerprint density at radius 1 is 1.06 bits per heavy atom. The second-order valence-electron chi connectivity index (χ2n) is 7.85. The van der Waals surface area contributed by atoms with Gasteiger partial charge in [-0.25, -0.2) is 9.97 Å². The van der Waals surface area contributed by atoms with Gasteiger partial charge in [0.15, 0.2) is 5.82 Å². The van der Waals surface area contributed by atoms with Crippen LogP contribution in [0.25, 0.3) is 11.4 Å². The number of benzene rings is 1. The van der Waals surface area contributed by atoms with E-state index in [2.05, 4.69) is 22.1 Å². The minimum atomic E-state index is 0.294. The quantitative estimate of drug-likeness (QED) is 0.640. The Labute approximate surface area is 183 Å². The average Bonchev–Trinajstić information content (AvgIpc) is 2.81. The highest BCUT2D eigenvalue weighted by Gasteiger charge is 2.24. The van der Waals surface area contributed by atoms with Gasteiger partial charge in [0.2, 0.25) is 0 Å². The molecule has 1 saturated heterocycles. The number of nitrogens with one attached hydrogen (secondary N) is 1. The molecule has 1 N–H and O–H groups in total. The van der Waals surface area contributed by atoms with Crippen LogP contribution in [-0.2, 0) is 0 Å². The Kier molecular flexibility index (Phi) is 6.21. The monoisotopic (exact) mass is 419 g/mol. The lowest BCUT2D eigenvalue weighted by Gasteiger charge is -2.35. The fourth-order valence-electron chi connectivity index (χ4n) is 3.96. The highest BCUT2D eigenvalue weighted by atomic mass is 16.5. The summed E-state index contributed by atoms with van der Waals surface area (Å²) in [7, 11) is 3.34. The van der Waals surface area contributed by atoms with Gasteiger partial charge >= 0.3 is 0 Å². The molecule has 0 aliphatic carbocycles. The number of pyridine rings is 1. The Morgan fingerprint density at radius 2 is 1.84 bits per heavy atom. The van der Waals surface area contributed by atoms with E-state index in [0.717, 1.165) is 71.6 Å². The lowest BCUT2D eigenvalue weighted by Crippen LogP contribution is -2.43. The van der Waals surface area contributed by atoms with Crippen molar-refractivity contribution in [3.8, 4) is 22.9 Å². The fraction of sp³-hybridized carbons (Fsp3) is 0.375. The zero-order chi connectivity index (χ0) is 21.8. The van der Waals surface area contributed by atoms with E-state index in [1.54, 1.807) is 20.4 Å². The van der Waals surface area contributed by atoms with Crippen molar-refractivity contribution in [2.45, 2.75) is 32.7 Å². The largest absolute Gasteiger partial charge is 0.497 e. The van der Waals surface area contributed by atoms with E-state index in [4.69, 9.17) is 19.4 Å². The molecule has 0 saturated carbocycles. The molecule has 0 radical (unpaired) electrons. The number of methoxy groups -OCH3 is 2. The maximum Gasteiger partial charge on any atom is 0.163 e. The van der Waals surface area contributed by atoms with Crippen LogP contribution in [0, 0.1) is 13.8 Å². The maximum absolute atomic E-state index is 5.41. The number of rotatable bonds is 6. The van der Waals surface area contributed by atoms with E-state index in [1.807, 2.05) is 43.5 Å².